The summed E-state index contributed by atoms with van der Waals surface area (Å²) < 4.78 is 0. The molecule has 14 heavy (non-hydrogen) atoms. The van der Waals surface area contributed by atoms with E-state index in [2.05, 4.69) is 26.6 Å². The molecule has 2 N–H and O–H groups in total. The van der Waals surface area contributed by atoms with Gasteiger partial charge in [-0.15, -0.1) is 0 Å². The second kappa shape index (κ2) is 5.34. The molecular formula is C9H15BrN2O2. The summed E-state index contributed by atoms with van der Waals surface area (Å²) in [6.07, 6.45) is 2.02. The van der Waals surface area contributed by atoms with Crippen molar-refractivity contribution in [1.82, 2.24) is 10.6 Å². The Hall–Kier alpha value is -0.580. The molecule has 80 valence electrons. The normalized spacial score (nSPS) is 17.3. The lowest BCUT2D eigenvalue weighted by molar-refractivity contribution is -0.123. The fourth-order valence-electron chi connectivity index (χ4n) is 1.00. The molecule has 1 aliphatic rings. The van der Waals surface area contributed by atoms with Gasteiger partial charge in [-0.3, -0.25) is 9.59 Å². The lowest BCUT2D eigenvalue weighted by Gasteiger charge is -2.07. The van der Waals surface area contributed by atoms with Crippen LogP contribution in [0.1, 0.15) is 19.8 Å². The lowest BCUT2D eigenvalue weighted by atomic mass is 10.4. The fourth-order valence-corrected chi connectivity index (χ4v) is 1.16. The highest BCUT2D eigenvalue weighted by Crippen LogP contribution is 2.28. The number of rotatable bonds is 5. The van der Waals surface area contributed by atoms with Gasteiger partial charge in [-0.25, -0.2) is 0 Å². The molecule has 0 aliphatic heterocycles. The molecule has 2 amide bonds. The average Bonchev–Trinajstić information content (AvgIpc) is 2.94. The van der Waals surface area contributed by atoms with Gasteiger partial charge in [0.25, 0.3) is 0 Å². The monoisotopic (exact) mass is 262 g/mol. The van der Waals surface area contributed by atoms with Crippen LogP contribution in [0.4, 0.5) is 0 Å². The van der Waals surface area contributed by atoms with E-state index in [0.717, 1.165) is 12.8 Å². The number of carbonyl (C=O) groups is 2. The molecule has 0 aromatic heterocycles. The summed E-state index contributed by atoms with van der Waals surface area (Å²) in [6.45, 7) is 2.77. The van der Waals surface area contributed by atoms with Crippen molar-refractivity contribution in [2.75, 3.05) is 13.1 Å². The van der Waals surface area contributed by atoms with Crippen LogP contribution in [-0.4, -0.2) is 29.7 Å². The van der Waals surface area contributed by atoms with Crippen molar-refractivity contribution in [2.45, 2.75) is 24.6 Å². The third-order valence-electron chi connectivity index (χ3n) is 2.03. The zero-order valence-corrected chi connectivity index (χ0v) is 9.76. The number of halogens is 1. The van der Waals surface area contributed by atoms with Gasteiger partial charge in [-0.05, 0) is 19.8 Å². The maximum absolute atomic E-state index is 11.2. The van der Waals surface area contributed by atoms with E-state index in [-0.39, 0.29) is 22.6 Å². The second-order valence-electron chi connectivity index (χ2n) is 3.47. The number of hydrogen-bond donors (Lipinski definition) is 2. The molecule has 1 unspecified atom stereocenters. The van der Waals surface area contributed by atoms with Crippen LogP contribution in [0.5, 0.6) is 0 Å². The Labute approximate surface area is 91.9 Å². The zero-order chi connectivity index (χ0) is 10.6. The molecule has 0 spiro atoms. The van der Waals surface area contributed by atoms with Gasteiger partial charge in [0.1, 0.15) is 0 Å². The Morgan fingerprint density at radius 1 is 1.36 bits per heavy atom. The van der Waals surface area contributed by atoms with Crippen molar-refractivity contribution in [1.29, 1.82) is 0 Å². The van der Waals surface area contributed by atoms with Gasteiger partial charge in [0.05, 0.1) is 4.83 Å². The molecule has 0 radical (unpaired) electrons. The first-order chi connectivity index (χ1) is 6.61. The van der Waals surface area contributed by atoms with Crippen LogP contribution < -0.4 is 10.6 Å². The Morgan fingerprint density at radius 3 is 2.43 bits per heavy atom. The van der Waals surface area contributed by atoms with Crippen LogP contribution in [0.3, 0.4) is 0 Å². The van der Waals surface area contributed by atoms with Crippen LogP contribution in [0, 0.1) is 5.92 Å². The standard InChI is InChI=1S/C9H15BrN2O2/c1-6(10)8(13)11-4-5-12-9(14)7-2-3-7/h6-7H,2-5H2,1H3,(H,11,13)(H,12,14). The van der Waals surface area contributed by atoms with Crippen molar-refractivity contribution in [2.24, 2.45) is 5.92 Å². The van der Waals surface area contributed by atoms with Crippen molar-refractivity contribution >= 4 is 27.7 Å². The Morgan fingerprint density at radius 2 is 1.93 bits per heavy atom. The summed E-state index contributed by atoms with van der Waals surface area (Å²) in [5, 5.41) is 5.47. The molecule has 0 saturated heterocycles. The quantitative estimate of drug-likeness (QED) is 0.557. The van der Waals surface area contributed by atoms with Crippen molar-refractivity contribution in [3.8, 4) is 0 Å². The fraction of sp³-hybridized carbons (Fsp3) is 0.778. The van der Waals surface area contributed by atoms with Gasteiger partial charge in [0.2, 0.25) is 11.8 Å². The van der Waals surface area contributed by atoms with Crippen molar-refractivity contribution in [3.63, 3.8) is 0 Å². The smallest absolute Gasteiger partial charge is 0.233 e. The topological polar surface area (TPSA) is 58.2 Å². The number of alkyl halides is 1. The average molecular weight is 263 g/mol. The summed E-state index contributed by atoms with van der Waals surface area (Å²) in [4.78, 5) is 22.0. The highest BCUT2D eigenvalue weighted by atomic mass is 79.9. The molecule has 0 aromatic rings. The molecule has 5 heteroatoms. The Kier molecular flexibility index (Phi) is 4.38. The molecule has 0 bridgehead atoms. The van der Waals surface area contributed by atoms with Gasteiger partial charge >= 0.3 is 0 Å². The summed E-state index contributed by atoms with van der Waals surface area (Å²) in [5.74, 6) is 0.303. The first kappa shape index (κ1) is 11.5. The second-order valence-corrected chi connectivity index (χ2v) is 4.85. The maximum atomic E-state index is 11.2. The number of amides is 2. The van der Waals surface area contributed by atoms with E-state index in [1.165, 1.54) is 0 Å². The van der Waals surface area contributed by atoms with Gasteiger partial charge < -0.3 is 10.6 Å². The molecule has 0 aromatic carbocycles. The van der Waals surface area contributed by atoms with E-state index >= 15 is 0 Å². The number of carbonyl (C=O) groups excluding carboxylic acids is 2. The van der Waals surface area contributed by atoms with E-state index in [1.54, 1.807) is 6.92 Å². The highest BCUT2D eigenvalue weighted by molar-refractivity contribution is 9.10. The molecule has 1 rings (SSSR count). The van der Waals surface area contributed by atoms with Crippen LogP contribution in [0.25, 0.3) is 0 Å². The number of hydrogen-bond acceptors (Lipinski definition) is 2. The third-order valence-corrected chi connectivity index (χ3v) is 2.45. The molecule has 0 heterocycles. The van der Waals surface area contributed by atoms with E-state index in [1.807, 2.05) is 0 Å². The van der Waals surface area contributed by atoms with E-state index in [9.17, 15) is 9.59 Å². The summed E-state index contributed by atoms with van der Waals surface area (Å²) in [6, 6.07) is 0. The van der Waals surface area contributed by atoms with Crippen molar-refractivity contribution < 1.29 is 9.59 Å². The largest absolute Gasteiger partial charge is 0.354 e. The van der Waals surface area contributed by atoms with Gasteiger partial charge in [0.15, 0.2) is 0 Å². The van der Waals surface area contributed by atoms with Crippen LogP contribution in [-0.2, 0) is 9.59 Å². The SMILES string of the molecule is CC(Br)C(=O)NCCNC(=O)C1CC1. The minimum atomic E-state index is -0.179. The van der Waals surface area contributed by atoms with Gasteiger partial charge in [0, 0.05) is 19.0 Å². The van der Waals surface area contributed by atoms with Gasteiger partial charge in [-0.1, -0.05) is 15.9 Å². The minimum Gasteiger partial charge on any atom is -0.354 e. The number of nitrogens with one attached hydrogen (secondary N) is 2. The van der Waals surface area contributed by atoms with Crippen molar-refractivity contribution in [3.05, 3.63) is 0 Å². The minimum absolute atomic E-state index is 0.0503. The maximum Gasteiger partial charge on any atom is 0.233 e. The van der Waals surface area contributed by atoms with E-state index in [0.29, 0.717) is 13.1 Å². The predicted octanol–water partition coefficient (Wildman–Crippen LogP) is 0.412. The molecule has 1 fully saturated rings. The van der Waals surface area contributed by atoms with E-state index in [4.69, 9.17) is 0 Å². The first-order valence-electron chi connectivity index (χ1n) is 4.80. The molecule has 1 aliphatic carbocycles. The molecule has 1 saturated carbocycles. The summed E-state index contributed by atoms with van der Waals surface area (Å²) in [7, 11) is 0. The van der Waals surface area contributed by atoms with Crippen LogP contribution >= 0.6 is 15.9 Å². The van der Waals surface area contributed by atoms with Crippen LogP contribution in [0.2, 0.25) is 0 Å². The predicted molar refractivity (Wildman–Crippen MR) is 57.1 cm³/mol. The lowest BCUT2D eigenvalue weighted by Crippen LogP contribution is -2.37. The Bertz CT molecular complexity index is 211. The Balaban J connectivity index is 1.98. The van der Waals surface area contributed by atoms with Crippen LogP contribution in [0.15, 0.2) is 0 Å². The summed E-state index contributed by atoms with van der Waals surface area (Å²) >= 11 is 3.15. The zero-order valence-electron chi connectivity index (χ0n) is 8.18. The van der Waals surface area contributed by atoms with E-state index < -0.39 is 0 Å². The van der Waals surface area contributed by atoms with Gasteiger partial charge in [-0.2, -0.15) is 0 Å². The summed E-state index contributed by atoms with van der Waals surface area (Å²) in [5.41, 5.74) is 0. The molecule has 1 atom stereocenters. The highest BCUT2D eigenvalue weighted by Gasteiger charge is 2.28. The third kappa shape index (κ3) is 4.09. The first-order valence-corrected chi connectivity index (χ1v) is 5.72. The molecule has 4 nitrogen and oxygen atoms in total. The molecular weight excluding hydrogens is 248 g/mol.